The van der Waals surface area contributed by atoms with Crippen LogP contribution in [0.5, 0.6) is 0 Å². The molecule has 1 rings (SSSR count). The normalized spacial score (nSPS) is 16.8. The van der Waals surface area contributed by atoms with Gasteiger partial charge in [-0.1, -0.05) is 13.8 Å². The molecule has 94 valence electrons. The maximum atomic E-state index is 11.6. The van der Waals surface area contributed by atoms with Crippen LogP contribution < -0.4 is 5.73 Å². The van der Waals surface area contributed by atoms with E-state index in [0.717, 1.165) is 4.90 Å². The molecule has 0 spiro atoms. The molecule has 2 N–H and O–H groups in total. The summed E-state index contributed by atoms with van der Waals surface area (Å²) in [6.45, 7) is 6.91. The Balaban J connectivity index is 2.93. The van der Waals surface area contributed by atoms with Gasteiger partial charge >= 0.3 is 0 Å². The first kappa shape index (κ1) is 13.4. The minimum atomic E-state index is -0.771. The monoisotopic (exact) mass is 238 g/mol. The summed E-state index contributed by atoms with van der Waals surface area (Å²) < 4.78 is 0. The lowest BCUT2D eigenvalue weighted by molar-refractivity contribution is -0.145. The highest BCUT2D eigenvalue weighted by Crippen LogP contribution is 2.33. The van der Waals surface area contributed by atoms with Gasteiger partial charge in [-0.15, -0.1) is 0 Å². The van der Waals surface area contributed by atoms with Crippen LogP contribution in [0.1, 0.15) is 34.1 Å². The Hall–Kier alpha value is -1.65. The second kappa shape index (κ2) is 3.98. The zero-order valence-corrected chi connectivity index (χ0v) is 10.6. The van der Waals surface area contributed by atoms with Gasteiger partial charge < -0.3 is 5.73 Å². The lowest BCUT2D eigenvalue weighted by Crippen LogP contribution is -2.51. The molecule has 3 amide bonds. The molecule has 0 aromatic rings. The third-order valence-corrected chi connectivity index (χ3v) is 2.96. The fourth-order valence-corrected chi connectivity index (χ4v) is 2.24. The fourth-order valence-electron chi connectivity index (χ4n) is 2.24. The van der Waals surface area contributed by atoms with E-state index < -0.39 is 16.9 Å². The standard InChI is InChI=1S/C12H18N2O3/c1-11(2,10(13)17)7-12(3,4)14-8(15)5-6-9(14)16/h5-6H,7H2,1-4H3,(H2,13,17). The van der Waals surface area contributed by atoms with Crippen molar-refractivity contribution >= 4 is 17.7 Å². The Kier molecular flexibility index (Phi) is 3.14. The molecule has 0 saturated heterocycles. The Morgan fingerprint density at radius 1 is 1.18 bits per heavy atom. The zero-order valence-electron chi connectivity index (χ0n) is 10.6. The number of rotatable bonds is 4. The van der Waals surface area contributed by atoms with Crippen LogP contribution in [0.25, 0.3) is 0 Å². The first-order chi connectivity index (χ1) is 7.58. The highest BCUT2D eigenvalue weighted by atomic mass is 16.2. The second-order valence-corrected chi connectivity index (χ2v) is 5.58. The predicted molar refractivity (Wildman–Crippen MR) is 62.7 cm³/mol. The van der Waals surface area contributed by atoms with Crippen LogP contribution in [0.3, 0.4) is 0 Å². The summed E-state index contributed by atoms with van der Waals surface area (Å²) in [5.41, 5.74) is 3.79. The van der Waals surface area contributed by atoms with Gasteiger partial charge in [0.15, 0.2) is 0 Å². The highest BCUT2D eigenvalue weighted by Gasteiger charge is 2.42. The Labute approximate surface area is 101 Å². The van der Waals surface area contributed by atoms with E-state index in [1.807, 2.05) is 0 Å². The lowest BCUT2D eigenvalue weighted by Gasteiger charge is -2.38. The molecule has 0 aromatic carbocycles. The van der Waals surface area contributed by atoms with Crippen molar-refractivity contribution in [3.05, 3.63) is 12.2 Å². The number of primary amides is 1. The Morgan fingerprint density at radius 2 is 1.59 bits per heavy atom. The van der Waals surface area contributed by atoms with Gasteiger partial charge in [-0.3, -0.25) is 19.3 Å². The van der Waals surface area contributed by atoms with Gasteiger partial charge in [-0.25, -0.2) is 0 Å². The molecule has 5 nitrogen and oxygen atoms in total. The quantitative estimate of drug-likeness (QED) is 0.728. The van der Waals surface area contributed by atoms with Gasteiger partial charge in [0.1, 0.15) is 0 Å². The summed E-state index contributed by atoms with van der Waals surface area (Å²) in [6.07, 6.45) is 2.80. The number of imide groups is 1. The van der Waals surface area contributed by atoms with Crippen LogP contribution in [0.15, 0.2) is 12.2 Å². The second-order valence-electron chi connectivity index (χ2n) is 5.58. The number of nitrogens with two attached hydrogens (primary N) is 1. The number of nitrogens with zero attached hydrogens (tertiary/aromatic N) is 1. The van der Waals surface area contributed by atoms with Crippen molar-refractivity contribution < 1.29 is 14.4 Å². The van der Waals surface area contributed by atoms with Crippen LogP contribution in [-0.2, 0) is 14.4 Å². The SMILES string of the molecule is CC(C)(CC(C)(C)N1C(=O)C=CC1=O)C(N)=O. The van der Waals surface area contributed by atoms with Gasteiger partial charge in [0, 0.05) is 23.1 Å². The average Bonchev–Trinajstić information content (AvgIpc) is 2.44. The average molecular weight is 238 g/mol. The van der Waals surface area contributed by atoms with Crippen LogP contribution in [0.2, 0.25) is 0 Å². The summed E-state index contributed by atoms with van der Waals surface area (Å²) in [6, 6.07) is 0. The van der Waals surface area contributed by atoms with Crippen LogP contribution in [-0.4, -0.2) is 28.2 Å². The summed E-state index contributed by atoms with van der Waals surface area (Å²) in [4.78, 5) is 35.6. The van der Waals surface area contributed by atoms with Crippen molar-refractivity contribution in [1.29, 1.82) is 0 Å². The molecular weight excluding hydrogens is 220 g/mol. The highest BCUT2D eigenvalue weighted by molar-refractivity contribution is 6.13. The van der Waals surface area contributed by atoms with Gasteiger partial charge in [0.25, 0.3) is 11.8 Å². The topological polar surface area (TPSA) is 80.5 Å². The fraction of sp³-hybridized carbons (Fsp3) is 0.583. The van der Waals surface area contributed by atoms with Crippen molar-refractivity contribution in [3.8, 4) is 0 Å². The molecule has 1 heterocycles. The van der Waals surface area contributed by atoms with E-state index in [0.29, 0.717) is 6.42 Å². The molecule has 0 unspecified atom stereocenters. The molecule has 1 aliphatic heterocycles. The molecule has 17 heavy (non-hydrogen) atoms. The maximum Gasteiger partial charge on any atom is 0.254 e. The third kappa shape index (κ3) is 2.54. The molecule has 0 aromatic heterocycles. The Bertz CT molecular complexity index is 390. The van der Waals surface area contributed by atoms with E-state index in [1.165, 1.54) is 12.2 Å². The predicted octanol–water partition coefficient (Wildman–Crippen LogP) is 0.592. The largest absolute Gasteiger partial charge is 0.369 e. The van der Waals surface area contributed by atoms with Gasteiger partial charge in [0.2, 0.25) is 5.91 Å². The third-order valence-electron chi connectivity index (χ3n) is 2.96. The van der Waals surface area contributed by atoms with E-state index >= 15 is 0 Å². The molecule has 0 fully saturated rings. The number of hydrogen-bond donors (Lipinski definition) is 1. The van der Waals surface area contributed by atoms with Crippen LogP contribution >= 0.6 is 0 Å². The smallest absolute Gasteiger partial charge is 0.254 e. The van der Waals surface area contributed by atoms with Gasteiger partial charge in [-0.05, 0) is 20.3 Å². The lowest BCUT2D eigenvalue weighted by atomic mass is 9.78. The molecule has 0 aliphatic carbocycles. The molecule has 0 bridgehead atoms. The van der Waals surface area contributed by atoms with Crippen LogP contribution in [0, 0.1) is 5.41 Å². The first-order valence-corrected chi connectivity index (χ1v) is 5.44. The van der Waals surface area contributed by atoms with Gasteiger partial charge in [-0.2, -0.15) is 0 Å². The summed E-state index contributed by atoms with van der Waals surface area (Å²) in [7, 11) is 0. The zero-order chi connectivity index (χ0) is 13.4. The van der Waals surface area contributed by atoms with Crippen molar-refractivity contribution in [1.82, 2.24) is 4.90 Å². The van der Waals surface area contributed by atoms with E-state index in [9.17, 15) is 14.4 Å². The van der Waals surface area contributed by atoms with Crippen molar-refractivity contribution in [2.24, 2.45) is 11.1 Å². The van der Waals surface area contributed by atoms with E-state index in [4.69, 9.17) is 5.73 Å². The van der Waals surface area contributed by atoms with Crippen LogP contribution in [0.4, 0.5) is 0 Å². The number of carbonyl (C=O) groups is 3. The van der Waals surface area contributed by atoms with Crippen molar-refractivity contribution in [2.45, 2.75) is 39.7 Å². The molecular formula is C12H18N2O3. The van der Waals surface area contributed by atoms with Gasteiger partial charge in [0.05, 0.1) is 0 Å². The first-order valence-electron chi connectivity index (χ1n) is 5.44. The van der Waals surface area contributed by atoms with E-state index in [1.54, 1.807) is 27.7 Å². The molecule has 0 saturated carbocycles. The molecule has 5 heteroatoms. The van der Waals surface area contributed by atoms with E-state index in [2.05, 4.69) is 0 Å². The maximum absolute atomic E-state index is 11.6. The van der Waals surface area contributed by atoms with Crippen molar-refractivity contribution in [2.75, 3.05) is 0 Å². The Morgan fingerprint density at radius 3 is 1.94 bits per heavy atom. The minimum Gasteiger partial charge on any atom is -0.369 e. The number of carbonyl (C=O) groups excluding carboxylic acids is 3. The number of hydrogen-bond acceptors (Lipinski definition) is 3. The van der Waals surface area contributed by atoms with E-state index in [-0.39, 0.29) is 11.8 Å². The molecule has 0 atom stereocenters. The summed E-state index contributed by atoms with van der Waals surface area (Å²) in [5.74, 6) is -1.14. The minimum absolute atomic E-state index is 0.328. The summed E-state index contributed by atoms with van der Waals surface area (Å²) >= 11 is 0. The molecule has 1 aliphatic rings. The number of amides is 3. The summed E-state index contributed by atoms with van der Waals surface area (Å²) in [5, 5.41) is 0. The molecule has 0 radical (unpaired) electrons. The van der Waals surface area contributed by atoms with Crippen molar-refractivity contribution in [3.63, 3.8) is 0 Å².